The molecule has 0 bridgehead atoms. The topological polar surface area (TPSA) is 42.0 Å². The lowest BCUT2D eigenvalue weighted by Crippen LogP contribution is -2.49. The molecule has 1 heterocycles. The molecule has 0 saturated carbocycles. The van der Waals surface area contributed by atoms with Gasteiger partial charge in [-0.2, -0.15) is 0 Å². The average Bonchev–Trinajstić information content (AvgIpc) is 2.66. The second-order valence-corrected chi connectivity index (χ2v) is 7.23. The minimum atomic E-state index is -0.270. The molecule has 1 aliphatic rings. The van der Waals surface area contributed by atoms with E-state index in [1.54, 1.807) is 13.2 Å². The highest BCUT2D eigenvalue weighted by molar-refractivity contribution is 5.77. The largest absolute Gasteiger partial charge is 0.496 e. The van der Waals surface area contributed by atoms with Crippen molar-refractivity contribution < 1.29 is 18.7 Å². The first-order valence-corrected chi connectivity index (χ1v) is 9.48. The monoisotopic (exact) mass is 386 g/mol. The highest BCUT2D eigenvalue weighted by atomic mass is 19.1. The third kappa shape index (κ3) is 5.23. The molecule has 1 fully saturated rings. The van der Waals surface area contributed by atoms with Crippen LogP contribution in [0.5, 0.6) is 11.5 Å². The molecule has 3 rings (SSSR count). The van der Waals surface area contributed by atoms with E-state index in [1.807, 2.05) is 30.9 Å². The number of rotatable bonds is 6. The second kappa shape index (κ2) is 9.06. The van der Waals surface area contributed by atoms with Crippen molar-refractivity contribution in [2.45, 2.75) is 20.4 Å². The Hall–Kier alpha value is -2.60. The maximum Gasteiger partial charge on any atom is 0.260 e. The van der Waals surface area contributed by atoms with Gasteiger partial charge in [-0.3, -0.25) is 9.69 Å². The molecule has 150 valence electrons. The average molecular weight is 386 g/mol. The van der Waals surface area contributed by atoms with E-state index >= 15 is 0 Å². The van der Waals surface area contributed by atoms with E-state index in [0.29, 0.717) is 25.4 Å². The van der Waals surface area contributed by atoms with Crippen LogP contribution in [0.1, 0.15) is 16.7 Å². The quantitative estimate of drug-likeness (QED) is 0.765. The number of aryl methyl sites for hydroxylation is 2. The maximum atomic E-state index is 13.5. The molecule has 0 unspecified atom stereocenters. The van der Waals surface area contributed by atoms with Gasteiger partial charge in [0.05, 0.1) is 7.11 Å². The van der Waals surface area contributed by atoms with Crippen molar-refractivity contribution in [1.82, 2.24) is 9.80 Å². The van der Waals surface area contributed by atoms with Crippen molar-refractivity contribution in [1.29, 1.82) is 0 Å². The van der Waals surface area contributed by atoms with E-state index in [0.717, 1.165) is 35.5 Å². The Balaban J connectivity index is 1.49. The van der Waals surface area contributed by atoms with Crippen LogP contribution in [0.4, 0.5) is 4.39 Å². The summed E-state index contributed by atoms with van der Waals surface area (Å²) in [4.78, 5) is 16.5. The van der Waals surface area contributed by atoms with Crippen LogP contribution in [0, 0.1) is 19.7 Å². The van der Waals surface area contributed by atoms with Gasteiger partial charge in [-0.15, -0.1) is 0 Å². The molecular weight excluding hydrogens is 359 g/mol. The zero-order chi connectivity index (χ0) is 20.1. The summed E-state index contributed by atoms with van der Waals surface area (Å²) in [5.74, 6) is 1.12. The molecule has 0 aliphatic carbocycles. The van der Waals surface area contributed by atoms with Crippen molar-refractivity contribution in [3.63, 3.8) is 0 Å². The summed E-state index contributed by atoms with van der Waals surface area (Å²) < 4.78 is 24.5. The first-order chi connectivity index (χ1) is 13.4. The fraction of sp³-hybridized carbons (Fsp3) is 0.409. The number of methoxy groups -OCH3 is 1. The summed E-state index contributed by atoms with van der Waals surface area (Å²) in [6.07, 6.45) is 0. The Labute approximate surface area is 165 Å². The Bertz CT molecular complexity index is 812. The Morgan fingerprint density at radius 2 is 1.71 bits per heavy atom. The molecule has 0 N–H and O–H groups in total. The minimum absolute atomic E-state index is 0.0119. The van der Waals surface area contributed by atoms with Gasteiger partial charge in [0, 0.05) is 38.3 Å². The van der Waals surface area contributed by atoms with Gasteiger partial charge in [0.2, 0.25) is 0 Å². The van der Waals surface area contributed by atoms with Crippen LogP contribution in [0.3, 0.4) is 0 Å². The molecule has 1 amide bonds. The van der Waals surface area contributed by atoms with E-state index in [1.165, 1.54) is 12.1 Å². The van der Waals surface area contributed by atoms with Gasteiger partial charge >= 0.3 is 0 Å². The van der Waals surface area contributed by atoms with Crippen LogP contribution in [0.2, 0.25) is 0 Å². The van der Waals surface area contributed by atoms with Crippen molar-refractivity contribution >= 4 is 5.91 Å². The molecule has 28 heavy (non-hydrogen) atoms. The zero-order valence-corrected chi connectivity index (χ0v) is 16.7. The minimum Gasteiger partial charge on any atom is -0.496 e. The third-order valence-electron chi connectivity index (χ3n) is 4.92. The summed E-state index contributed by atoms with van der Waals surface area (Å²) >= 11 is 0. The van der Waals surface area contributed by atoms with E-state index in [-0.39, 0.29) is 18.3 Å². The lowest BCUT2D eigenvalue weighted by Gasteiger charge is -2.34. The van der Waals surface area contributed by atoms with Crippen LogP contribution in [-0.4, -0.2) is 55.6 Å². The van der Waals surface area contributed by atoms with Crippen LogP contribution in [0.25, 0.3) is 0 Å². The highest BCUT2D eigenvalue weighted by Crippen LogP contribution is 2.22. The number of carbonyl (C=O) groups excluding carboxylic acids is 1. The van der Waals surface area contributed by atoms with Crippen LogP contribution >= 0.6 is 0 Å². The number of benzene rings is 2. The van der Waals surface area contributed by atoms with E-state index in [2.05, 4.69) is 11.0 Å². The van der Waals surface area contributed by atoms with Crippen molar-refractivity contribution in [3.8, 4) is 11.5 Å². The fourth-order valence-electron chi connectivity index (χ4n) is 3.52. The van der Waals surface area contributed by atoms with Crippen LogP contribution < -0.4 is 9.47 Å². The van der Waals surface area contributed by atoms with E-state index < -0.39 is 0 Å². The molecule has 0 atom stereocenters. The maximum absolute atomic E-state index is 13.5. The number of ether oxygens (including phenoxy) is 2. The van der Waals surface area contributed by atoms with E-state index in [9.17, 15) is 9.18 Å². The predicted molar refractivity (Wildman–Crippen MR) is 106 cm³/mol. The summed E-state index contributed by atoms with van der Waals surface area (Å²) in [6.45, 7) is 7.38. The van der Waals surface area contributed by atoms with E-state index in [4.69, 9.17) is 9.47 Å². The Morgan fingerprint density at radius 1 is 1.04 bits per heavy atom. The normalized spacial score (nSPS) is 14.8. The number of nitrogens with zero attached hydrogens (tertiary/aromatic N) is 2. The Morgan fingerprint density at radius 3 is 2.36 bits per heavy atom. The number of piperazine rings is 1. The van der Waals surface area contributed by atoms with Gasteiger partial charge in [0.1, 0.15) is 17.3 Å². The second-order valence-electron chi connectivity index (χ2n) is 7.23. The van der Waals surface area contributed by atoms with Crippen molar-refractivity contribution in [3.05, 3.63) is 58.9 Å². The highest BCUT2D eigenvalue weighted by Gasteiger charge is 2.22. The van der Waals surface area contributed by atoms with Crippen LogP contribution in [0.15, 0.2) is 36.4 Å². The third-order valence-corrected chi connectivity index (χ3v) is 4.92. The molecule has 2 aromatic rings. The number of hydrogen-bond acceptors (Lipinski definition) is 4. The molecule has 2 aromatic carbocycles. The molecule has 6 heteroatoms. The smallest absolute Gasteiger partial charge is 0.260 e. The lowest BCUT2D eigenvalue weighted by atomic mass is 10.1. The van der Waals surface area contributed by atoms with Gasteiger partial charge in [-0.1, -0.05) is 6.07 Å². The van der Waals surface area contributed by atoms with Gasteiger partial charge in [0.15, 0.2) is 6.61 Å². The number of hydrogen-bond donors (Lipinski definition) is 0. The molecule has 0 aromatic heterocycles. The molecule has 0 spiro atoms. The van der Waals surface area contributed by atoms with Gasteiger partial charge in [-0.05, 0) is 55.3 Å². The number of amides is 1. The van der Waals surface area contributed by atoms with Gasteiger partial charge < -0.3 is 14.4 Å². The predicted octanol–water partition coefficient (Wildman–Crippen LogP) is 3.17. The van der Waals surface area contributed by atoms with Crippen LogP contribution in [-0.2, 0) is 11.3 Å². The first kappa shape index (κ1) is 20.1. The summed E-state index contributed by atoms with van der Waals surface area (Å²) in [5.41, 5.74) is 3.05. The van der Waals surface area contributed by atoms with Crippen molar-refractivity contribution in [2.75, 3.05) is 39.9 Å². The van der Waals surface area contributed by atoms with Gasteiger partial charge in [-0.25, -0.2) is 4.39 Å². The first-order valence-electron chi connectivity index (χ1n) is 9.48. The van der Waals surface area contributed by atoms with Crippen molar-refractivity contribution in [2.24, 2.45) is 0 Å². The molecule has 0 radical (unpaired) electrons. The number of carbonyl (C=O) groups is 1. The molecular formula is C22H27FN2O3. The fourth-order valence-corrected chi connectivity index (χ4v) is 3.52. The summed E-state index contributed by atoms with van der Waals surface area (Å²) in [5, 5.41) is 0. The molecule has 1 aliphatic heterocycles. The van der Waals surface area contributed by atoms with Gasteiger partial charge in [0.25, 0.3) is 5.91 Å². The zero-order valence-electron chi connectivity index (χ0n) is 16.7. The standard InChI is InChI=1S/C22H27FN2O3/c1-16-10-17(2)12-20(11-16)28-15-22(26)25-8-6-24(7-9-25)14-18-13-19(23)4-5-21(18)27-3/h4-5,10-13H,6-9,14-15H2,1-3H3. The molecule has 1 saturated heterocycles. The Kier molecular flexibility index (Phi) is 6.52. The number of halogens is 1. The summed E-state index contributed by atoms with van der Waals surface area (Å²) in [7, 11) is 1.59. The lowest BCUT2D eigenvalue weighted by molar-refractivity contribution is -0.135. The summed E-state index contributed by atoms with van der Waals surface area (Å²) in [6, 6.07) is 10.5. The molecule has 5 nitrogen and oxygen atoms in total. The SMILES string of the molecule is COc1ccc(F)cc1CN1CCN(C(=O)COc2cc(C)cc(C)c2)CC1.